The van der Waals surface area contributed by atoms with Gasteiger partial charge >= 0.3 is 0 Å². The quantitative estimate of drug-likeness (QED) is 0.505. The number of hydrogen-bond acceptors (Lipinski definition) is 3. The van der Waals surface area contributed by atoms with Crippen LogP contribution in [0.2, 0.25) is 5.02 Å². The molecule has 0 saturated carbocycles. The Balaban J connectivity index is 1.54. The summed E-state index contributed by atoms with van der Waals surface area (Å²) in [6.07, 6.45) is 1.58. The monoisotopic (exact) mass is 462 g/mol. The summed E-state index contributed by atoms with van der Waals surface area (Å²) < 4.78 is 5.19. The summed E-state index contributed by atoms with van der Waals surface area (Å²) in [5, 5.41) is 0.642. The van der Waals surface area contributed by atoms with E-state index in [0.717, 1.165) is 18.4 Å². The lowest BCUT2D eigenvalue weighted by molar-refractivity contribution is -0.139. The van der Waals surface area contributed by atoms with Crippen LogP contribution in [0.25, 0.3) is 0 Å². The van der Waals surface area contributed by atoms with Crippen LogP contribution in [0.1, 0.15) is 27.9 Å². The van der Waals surface area contributed by atoms with Gasteiger partial charge in [-0.15, -0.1) is 0 Å². The zero-order valence-electron chi connectivity index (χ0n) is 18.6. The molecule has 1 saturated heterocycles. The minimum absolute atomic E-state index is 0.0527. The number of amides is 2. The highest BCUT2D eigenvalue weighted by atomic mass is 35.5. The molecular weight excluding hydrogens is 436 g/mol. The van der Waals surface area contributed by atoms with Crippen molar-refractivity contribution in [3.05, 3.63) is 101 Å². The zero-order valence-corrected chi connectivity index (χ0v) is 19.4. The van der Waals surface area contributed by atoms with Crippen molar-refractivity contribution in [1.82, 2.24) is 9.80 Å². The number of hydrogen-bond donors (Lipinski definition) is 0. The van der Waals surface area contributed by atoms with Crippen molar-refractivity contribution in [2.45, 2.75) is 25.4 Å². The first-order valence-corrected chi connectivity index (χ1v) is 11.4. The van der Waals surface area contributed by atoms with E-state index in [9.17, 15) is 9.59 Å². The van der Waals surface area contributed by atoms with Crippen LogP contribution in [0.5, 0.6) is 5.75 Å². The van der Waals surface area contributed by atoms with Crippen molar-refractivity contribution in [1.29, 1.82) is 0 Å². The predicted molar refractivity (Wildman–Crippen MR) is 129 cm³/mol. The number of ether oxygens (including phenoxy) is 1. The minimum atomic E-state index is -0.145. The molecule has 0 aromatic heterocycles. The highest BCUT2D eigenvalue weighted by Gasteiger charge is 2.35. The number of benzene rings is 3. The molecule has 0 unspecified atom stereocenters. The van der Waals surface area contributed by atoms with Gasteiger partial charge in [-0.25, -0.2) is 0 Å². The second kappa shape index (κ2) is 10.5. The Labute approximate surface area is 199 Å². The van der Waals surface area contributed by atoms with Crippen LogP contribution in [-0.4, -0.2) is 47.9 Å². The Bertz CT molecular complexity index is 1100. The maximum Gasteiger partial charge on any atom is 0.254 e. The third kappa shape index (κ3) is 5.55. The van der Waals surface area contributed by atoms with Gasteiger partial charge in [-0.1, -0.05) is 60.1 Å². The molecule has 1 atom stereocenters. The summed E-state index contributed by atoms with van der Waals surface area (Å²) in [6, 6.07) is 24.7. The molecule has 4 rings (SSSR count). The Hall–Kier alpha value is -3.31. The van der Waals surface area contributed by atoms with E-state index in [1.807, 2.05) is 47.4 Å². The van der Waals surface area contributed by atoms with E-state index in [4.69, 9.17) is 16.3 Å². The van der Waals surface area contributed by atoms with Crippen molar-refractivity contribution >= 4 is 23.4 Å². The number of carbonyl (C=O) groups excluding carboxylic acids is 2. The van der Waals surface area contributed by atoms with Crippen molar-refractivity contribution in [3.63, 3.8) is 0 Å². The molecule has 0 spiro atoms. The average Bonchev–Trinajstić information content (AvgIpc) is 2.85. The standard InChI is InChI=1S/C27H27ClN2O3/c1-33-24-15-12-21(13-16-24)27(32)29-18-23(14-11-20-7-3-2-4-8-20)30(26(31)19-29)17-22-9-5-6-10-25(22)28/h2-10,12-13,15-16,23H,11,14,17-19H2,1H3/t23-/m0/s1. The first kappa shape index (κ1) is 22.9. The van der Waals surface area contributed by atoms with Crippen LogP contribution in [0.4, 0.5) is 0 Å². The number of nitrogens with zero attached hydrogens (tertiary/aromatic N) is 2. The first-order chi connectivity index (χ1) is 16.0. The smallest absolute Gasteiger partial charge is 0.254 e. The van der Waals surface area contributed by atoms with Gasteiger partial charge in [0.2, 0.25) is 5.91 Å². The first-order valence-electron chi connectivity index (χ1n) is 11.1. The second-order valence-electron chi connectivity index (χ2n) is 8.21. The van der Waals surface area contributed by atoms with Crippen LogP contribution in [0, 0.1) is 0 Å². The van der Waals surface area contributed by atoms with Crippen molar-refractivity contribution in [3.8, 4) is 5.75 Å². The summed E-state index contributed by atoms with van der Waals surface area (Å²) in [6.45, 7) is 0.966. The fraction of sp³-hybridized carbons (Fsp3) is 0.259. The lowest BCUT2D eigenvalue weighted by Crippen LogP contribution is -2.57. The summed E-state index contributed by atoms with van der Waals surface area (Å²) in [7, 11) is 1.59. The Kier molecular flexibility index (Phi) is 7.30. The summed E-state index contributed by atoms with van der Waals surface area (Å²) >= 11 is 6.38. The fourth-order valence-electron chi connectivity index (χ4n) is 4.20. The van der Waals surface area contributed by atoms with Crippen LogP contribution < -0.4 is 4.74 Å². The number of halogens is 1. The van der Waals surface area contributed by atoms with Crippen molar-refractivity contribution in [2.24, 2.45) is 0 Å². The molecule has 3 aromatic rings. The third-order valence-corrected chi connectivity index (χ3v) is 6.42. The van der Waals surface area contributed by atoms with E-state index < -0.39 is 0 Å². The van der Waals surface area contributed by atoms with Gasteiger partial charge in [-0.3, -0.25) is 9.59 Å². The molecule has 0 aliphatic carbocycles. The highest BCUT2D eigenvalue weighted by Crippen LogP contribution is 2.24. The van der Waals surface area contributed by atoms with Gasteiger partial charge in [0.05, 0.1) is 13.2 Å². The van der Waals surface area contributed by atoms with Crippen molar-refractivity contribution in [2.75, 3.05) is 20.2 Å². The SMILES string of the molecule is COc1ccc(C(=O)N2CC(=O)N(Cc3ccccc3Cl)[C@@H](CCc3ccccc3)C2)cc1. The molecule has 1 fully saturated rings. The lowest BCUT2D eigenvalue weighted by Gasteiger charge is -2.41. The molecular formula is C27H27ClN2O3. The molecule has 1 heterocycles. The molecule has 2 amide bonds. The average molecular weight is 463 g/mol. The Morgan fingerprint density at radius 3 is 2.39 bits per heavy atom. The van der Waals surface area contributed by atoms with E-state index >= 15 is 0 Å². The molecule has 1 aliphatic heterocycles. The van der Waals surface area contributed by atoms with Gasteiger partial charge < -0.3 is 14.5 Å². The van der Waals surface area contributed by atoms with E-state index in [0.29, 0.717) is 29.4 Å². The summed E-state index contributed by atoms with van der Waals surface area (Å²) in [4.78, 5) is 30.0. The van der Waals surface area contributed by atoms with E-state index in [2.05, 4.69) is 12.1 Å². The zero-order chi connectivity index (χ0) is 23.2. The van der Waals surface area contributed by atoms with E-state index in [1.54, 1.807) is 36.3 Å². The molecule has 6 heteroatoms. The Morgan fingerprint density at radius 2 is 1.70 bits per heavy atom. The maximum absolute atomic E-state index is 13.2. The van der Waals surface area contributed by atoms with Crippen LogP contribution in [0.3, 0.4) is 0 Å². The number of aryl methyl sites for hydroxylation is 1. The molecule has 33 heavy (non-hydrogen) atoms. The maximum atomic E-state index is 13.2. The van der Waals surface area contributed by atoms with Gasteiger partial charge in [0.25, 0.3) is 5.91 Å². The number of rotatable bonds is 7. The lowest BCUT2D eigenvalue weighted by atomic mass is 10.00. The molecule has 5 nitrogen and oxygen atoms in total. The normalized spacial score (nSPS) is 16.1. The Morgan fingerprint density at radius 1 is 1.00 bits per heavy atom. The molecule has 0 bridgehead atoms. The molecule has 170 valence electrons. The van der Waals surface area contributed by atoms with Crippen molar-refractivity contribution < 1.29 is 14.3 Å². The van der Waals surface area contributed by atoms with Gasteiger partial charge in [0.1, 0.15) is 12.3 Å². The number of piperazine rings is 1. The minimum Gasteiger partial charge on any atom is -0.497 e. The largest absolute Gasteiger partial charge is 0.497 e. The topological polar surface area (TPSA) is 49.9 Å². The predicted octanol–water partition coefficient (Wildman–Crippen LogP) is 4.83. The van der Waals surface area contributed by atoms with E-state index in [-0.39, 0.29) is 24.4 Å². The third-order valence-electron chi connectivity index (χ3n) is 6.05. The van der Waals surface area contributed by atoms with Crippen LogP contribution >= 0.6 is 11.6 Å². The number of carbonyl (C=O) groups is 2. The molecule has 0 N–H and O–H groups in total. The second-order valence-corrected chi connectivity index (χ2v) is 8.61. The summed E-state index contributed by atoms with van der Waals surface area (Å²) in [5.41, 5.74) is 2.67. The fourth-order valence-corrected chi connectivity index (χ4v) is 4.39. The van der Waals surface area contributed by atoms with E-state index in [1.165, 1.54) is 5.56 Å². The van der Waals surface area contributed by atoms with Gasteiger partial charge in [-0.2, -0.15) is 0 Å². The van der Waals surface area contributed by atoms with Gasteiger partial charge in [0.15, 0.2) is 0 Å². The summed E-state index contributed by atoms with van der Waals surface area (Å²) in [5.74, 6) is 0.474. The van der Waals surface area contributed by atoms with Gasteiger partial charge in [0, 0.05) is 23.7 Å². The molecule has 0 radical (unpaired) electrons. The van der Waals surface area contributed by atoms with Gasteiger partial charge in [-0.05, 0) is 54.3 Å². The van der Waals surface area contributed by atoms with Crippen LogP contribution in [0.15, 0.2) is 78.9 Å². The molecule has 1 aliphatic rings. The number of methoxy groups -OCH3 is 1. The molecule has 3 aromatic carbocycles. The highest BCUT2D eigenvalue weighted by molar-refractivity contribution is 6.31. The van der Waals surface area contributed by atoms with Crippen LogP contribution in [-0.2, 0) is 17.8 Å².